The van der Waals surface area contributed by atoms with Crippen molar-refractivity contribution in [2.45, 2.75) is 12.5 Å². The first-order chi connectivity index (χ1) is 9.09. The van der Waals surface area contributed by atoms with E-state index >= 15 is 0 Å². The van der Waals surface area contributed by atoms with Crippen molar-refractivity contribution in [1.82, 2.24) is 10.3 Å². The zero-order chi connectivity index (χ0) is 13.9. The van der Waals surface area contributed by atoms with Crippen molar-refractivity contribution in [3.8, 4) is 0 Å². The van der Waals surface area contributed by atoms with Gasteiger partial charge in [0.25, 0.3) is 5.91 Å². The van der Waals surface area contributed by atoms with Gasteiger partial charge in [-0.05, 0) is 19.1 Å². The highest BCUT2D eigenvalue weighted by molar-refractivity contribution is 6.05. The Bertz CT molecular complexity index is 589. The van der Waals surface area contributed by atoms with Crippen molar-refractivity contribution in [3.05, 3.63) is 42.1 Å². The Morgan fingerprint density at radius 1 is 1.26 bits per heavy atom. The fourth-order valence-corrected chi connectivity index (χ4v) is 1.76. The summed E-state index contributed by atoms with van der Waals surface area (Å²) >= 11 is 0. The number of para-hydroxylation sites is 1. The van der Waals surface area contributed by atoms with Gasteiger partial charge in [0.1, 0.15) is 0 Å². The van der Waals surface area contributed by atoms with Gasteiger partial charge in [-0.25, -0.2) is 0 Å². The fraction of sp³-hybridized carbons (Fsp3) is 0.286. The third-order valence-electron chi connectivity index (χ3n) is 2.99. The number of amides is 1. The Hall–Kier alpha value is -1.98. The van der Waals surface area contributed by atoms with Crippen LogP contribution in [0.5, 0.6) is 0 Å². The number of hydrogen-bond donors (Lipinski definition) is 3. The van der Waals surface area contributed by atoms with E-state index in [0.29, 0.717) is 11.1 Å². The second-order valence-electron chi connectivity index (χ2n) is 4.71. The van der Waals surface area contributed by atoms with Gasteiger partial charge < -0.3 is 15.5 Å². The molecule has 2 aromatic rings. The van der Waals surface area contributed by atoms with Crippen LogP contribution in [-0.2, 0) is 0 Å². The molecule has 2 rings (SSSR count). The summed E-state index contributed by atoms with van der Waals surface area (Å²) in [6.45, 7) is 0.893. The third kappa shape index (κ3) is 2.72. The lowest BCUT2D eigenvalue weighted by Gasteiger charge is -2.26. The zero-order valence-electron chi connectivity index (χ0n) is 10.6. The van der Waals surface area contributed by atoms with Crippen LogP contribution in [0, 0.1) is 0 Å². The molecule has 0 saturated carbocycles. The minimum Gasteiger partial charge on any atom is -0.394 e. The molecule has 0 aliphatic heterocycles. The number of aromatic nitrogens is 1. The lowest BCUT2D eigenvalue weighted by molar-refractivity contribution is 0.0725. The molecule has 1 aromatic carbocycles. The number of aliphatic hydroxyl groups is 2. The number of aliphatic hydroxyl groups excluding tert-OH is 2. The van der Waals surface area contributed by atoms with E-state index in [1.807, 2.05) is 12.1 Å². The number of fused-ring (bicyclic) bond motifs is 1. The van der Waals surface area contributed by atoms with Crippen LogP contribution >= 0.6 is 0 Å². The maximum atomic E-state index is 12.2. The topological polar surface area (TPSA) is 82.5 Å². The second kappa shape index (κ2) is 5.34. The molecular formula is C14H16N2O3. The highest BCUT2D eigenvalue weighted by Crippen LogP contribution is 2.16. The summed E-state index contributed by atoms with van der Waals surface area (Å²) in [5.74, 6) is -0.366. The number of nitrogens with one attached hydrogen (secondary N) is 1. The summed E-state index contributed by atoms with van der Waals surface area (Å²) in [6.07, 6.45) is 1.62. The monoisotopic (exact) mass is 260 g/mol. The molecule has 19 heavy (non-hydrogen) atoms. The van der Waals surface area contributed by atoms with E-state index in [1.54, 1.807) is 31.3 Å². The van der Waals surface area contributed by atoms with E-state index in [4.69, 9.17) is 0 Å². The van der Waals surface area contributed by atoms with Gasteiger partial charge >= 0.3 is 0 Å². The molecule has 0 radical (unpaired) electrons. The van der Waals surface area contributed by atoms with E-state index in [2.05, 4.69) is 10.3 Å². The third-order valence-corrected chi connectivity index (χ3v) is 2.99. The molecular weight excluding hydrogens is 244 g/mol. The van der Waals surface area contributed by atoms with E-state index in [0.717, 1.165) is 5.39 Å². The van der Waals surface area contributed by atoms with E-state index in [-0.39, 0.29) is 19.1 Å². The van der Waals surface area contributed by atoms with Crippen LogP contribution < -0.4 is 5.32 Å². The lowest BCUT2D eigenvalue weighted by Crippen LogP contribution is -2.51. The summed E-state index contributed by atoms with van der Waals surface area (Å²) in [7, 11) is 0. The van der Waals surface area contributed by atoms with Crippen molar-refractivity contribution in [2.24, 2.45) is 0 Å². The van der Waals surface area contributed by atoms with Gasteiger partial charge in [-0.2, -0.15) is 0 Å². The molecule has 0 unspecified atom stereocenters. The Morgan fingerprint density at radius 3 is 2.63 bits per heavy atom. The van der Waals surface area contributed by atoms with Gasteiger partial charge in [0, 0.05) is 11.6 Å². The minimum atomic E-state index is -1.05. The standard InChI is InChI=1S/C14H16N2O3/c1-14(8-17,9-18)16-13(19)11-6-2-4-10-5-3-7-15-12(10)11/h2-7,17-18H,8-9H2,1H3,(H,16,19). The summed E-state index contributed by atoms with van der Waals surface area (Å²) < 4.78 is 0. The van der Waals surface area contributed by atoms with Crippen molar-refractivity contribution in [1.29, 1.82) is 0 Å². The molecule has 0 atom stereocenters. The van der Waals surface area contributed by atoms with Gasteiger partial charge in [-0.3, -0.25) is 9.78 Å². The van der Waals surface area contributed by atoms with Crippen molar-refractivity contribution < 1.29 is 15.0 Å². The predicted molar refractivity (Wildman–Crippen MR) is 71.8 cm³/mol. The number of rotatable bonds is 4. The summed E-state index contributed by atoms with van der Waals surface area (Å²) in [5, 5.41) is 21.9. The van der Waals surface area contributed by atoms with Gasteiger partial charge in [0.15, 0.2) is 0 Å². The Morgan fingerprint density at radius 2 is 1.95 bits per heavy atom. The minimum absolute atomic E-state index is 0.340. The van der Waals surface area contributed by atoms with Crippen LogP contribution in [0.25, 0.3) is 10.9 Å². The Balaban J connectivity index is 2.37. The Labute approximate surface area is 110 Å². The van der Waals surface area contributed by atoms with Crippen molar-refractivity contribution in [3.63, 3.8) is 0 Å². The largest absolute Gasteiger partial charge is 0.394 e. The molecule has 0 spiro atoms. The van der Waals surface area contributed by atoms with Crippen LogP contribution in [0.2, 0.25) is 0 Å². The van der Waals surface area contributed by atoms with E-state index in [9.17, 15) is 15.0 Å². The molecule has 0 aliphatic rings. The average Bonchev–Trinajstić information content (AvgIpc) is 2.46. The SMILES string of the molecule is CC(CO)(CO)NC(=O)c1cccc2cccnc12. The highest BCUT2D eigenvalue weighted by atomic mass is 16.3. The zero-order valence-corrected chi connectivity index (χ0v) is 10.6. The first kappa shape index (κ1) is 13.5. The maximum Gasteiger partial charge on any atom is 0.254 e. The quantitative estimate of drug-likeness (QED) is 0.756. The van der Waals surface area contributed by atoms with Gasteiger partial charge in [-0.15, -0.1) is 0 Å². The number of pyridine rings is 1. The smallest absolute Gasteiger partial charge is 0.254 e. The molecule has 0 saturated heterocycles. The number of carbonyl (C=O) groups is 1. The van der Waals surface area contributed by atoms with Crippen LogP contribution in [0.1, 0.15) is 17.3 Å². The highest BCUT2D eigenvalue weighted by Gasteiger charge is 2.25. The first-order valence-corrected chi connectivity index (χ1v) is 5.97. The van der Waals surface area contributed by atoms with Crippen LogP contribution in [-0.4, -0.2) is 39.9 Å². The normalized spacial score (nSPS) is 11.5. The van der Waals surface area contributed by atoms with Crippen molar-refractivity contribution in [2.75, 3.05) is 13.2 Å². The molecule has 100 valence electrons. The van der Waals surface area contributed by atoms with Gasteiger partial charge in [0.2, 0.25) is 0 Å². The predicted octanol–water partition coefficient (Wildman–Crippen LogP) is 0.708. The number of nitrogens with zero attached hydrogens (tertiary/aromatic N) is 1. The summed E-state index contributed by atoms with van der Waals surface area (Å²) in [4.78, 5) is 16.4. The molecule has 0 bridgehead atoms. The molecule has 5 heteroatoms. The van der Waals surface area contributed by atoms with Crippen molar-refractivity contribution >= 4 is 16.8 Å². The van der Waals surface area contributed by atoms with Gasteiger partial charge in [-0.1, -0.05) is 18.2 Å². The first-order valence-electron chi connectivity index (χ1n) is 5.97. The molecule has 3 N–H and O–H groups in total. The van der Waals surface area contributed by atoms with Crippen LogP contribution in [0.4, 0.5) is 0 Å². The molecule has 0 fully saturated rings. The molecule has 0 aliphatic carbocycles. The number of hydrogen-bond acceptors (Lipinski definition) is 4. The lowest BCUT2D eigenvalue weighted by atomic mass is 10.0. The van der Waals surface area contributed by atoms with E-state index in [1.165, 1.54) is 0 Å². The molecule has 1 aromatic heterocycles. The maximum absolute atomic E-state index is 12.2. The van der Waals surface area contributed by atoms with Crippen LogP contribution in [0.3, 0.4) is 0 Å². The average molecular weight is 260 g/mol. The summed E-state index contributed by atoms with van der Waals surface area (Å²) in [5.41, 5.74) is -0.0273. The van der Waals surface area contributed by atoms with E-state index < -0.39 is 5.54 Å². The Kier molecular flexibility index (Phi) is 3.78. The second-order valence-corrected chi connectivity index (χ2v) is 4.71. The van der Waals surface area contributed by atoms with Gasteiger partial charge in [0.05, 0.1) is 29.8 Å². The molecule has 5 nitrogen and oxygen atoms in total. The van der Waals surface area contributed by atoms with Crippen LogP contribution in [0.15, 0.2) is 36.5 Å². The molecule has 1 heterocycles. The molecule has 1 amide bonds. The number of benzene rings is 1. The number of carbonyl (C=O) groups excluding carboxylic acids is 1. The summed E-state index contributed by atoms with van der Waals surface area (Å²) in [6, 6.07) is 8.98. The fourth-order valence-electron chi connectivity index (χ4n) is 1.76.